The minimum atomic E-state index is -0.135. The Balaban J connectivity index is 3.48. The van der Waals surface area contributed by atoms with E-state index in [1.165, 1.54) is 13.5 Å². The van der Waals surface area contributed by atoms with Crippen molar-refractivity contribution in [2.24, 2.45) is 0 Å². The van der Waals surface area contributed by atoms with Crippen molar-refractivity contribution < 1.29 is 9.53 Å². The number of esters is 1. The molecule has 0 unspecified atom stereocenters. The molecule has 128 valence electrons. The van der Waals surface area contributed by atoms with Crippen molar-refractivity contribution in [2.45, 2.75) is 58.3 Å². The van der Waals surface area contributed by atoms with E-state index in [0.717, 1.165) is 38.5 Å². The van der Waals surface area contributed by atoms with Crippen LogP contribution in [-0.2, 0) is 9.53 Å². The Morgan fingerprint density at radius 2 is 1.39 bits per heavy atom. The molecule has 0 aliphatic heterocycles. The van der Waals surface area contributed by atoms with Gasteiger partial charge in [-0.05, 0) is 44.9 Å². The van der Waals surface area contributed by atoms with Crippen LogP contribution in [0.15, 0.2) is 60.8 Å². The number of allylic oxidation sites excluding steroid dienone is 10. The highest BCUT2D eigenvalue weighted by Crippen LogP contribution is 2.00. The van der Waals surface area contributed by atoms with Crippen LogP contribution in [-0.4, -0.2) is 13.1 Å². The molecule has 0 spiro atoms. The smallest absolute Gasteiger partial charge is 0.305 e. The van der Waals surface area contributed by atoms with Crippen LogP contribution < -0.4 is 0 Å². The molecule has 0 fully saturated rings. The Labute approximate surface area is 142 Å². The molecule has 0 rings (SSSR count). The van der Waals surface area contributed by atoms with Gasteiger partial charge in [-0.15, -0.1) is 0 Å². The van der Waals surface area contributed by atoms with Crippen LogP contribution in [0.2, 0.25) is 0 Å². The average Bonchev–Trinajstić information content (AvgIpc) is 2.57. The first-order chi connectivity index (χ1) is 11.3. The van der Waals surface area contributed by atoms with Crippen LogP contribution in [0.3, 0.4) is 0 Å². The Bertz CT molecular complexity index is 412. The lowest BCUT2D eigenvalue weighted by molar-refractivity contribution is -0.140. The fourth-order valence-corrected chi connectivity index (χ4v) is 1.85. The van der Waals surface area contributed by atoms with Crippen molar-refractivity contribution in [3.8, 4) is 0 Å². The Morgan fingerprint density at radius 1 is 0.783 bits per heavy atom. The molecule has 0 radical (unpaired) electrons. The maximum absolute atomic E-state index is 10.9. The van der Waals surface area contributed by atoms with E-state index in [4.69, 9.17) is 0 Å². The Kier molecular flexibility index (Phi) is 16.8. The summed E-state index contributed by atoms with van der Waals surface area (Å²) < 4.78 is 4.59. The highest BCUT2D eigenvalue weighted by Gasteiger charge is 1.96. The zero-order chi connectivity index (χ0) is 17.0. The quantitative estimate of drug-likeness (QED) is 0.178. The van der Waals surface area contributed by atoms with Gasteiger partial charge in [0.15, 0.2) is 0 Å². The molecular formula is C21H32O2. The maximum atomic E-state index is 10.9. The minimum Gasteiger partial charge on any atom is -0.469 e. The van der Waals surface area contributed by atoms with Crippen LogP contribution in [0.4, 0.5) is 0 Å². The van der Waals surface area contributed by atoms with Gasteiger partial charge in [-0.1, -0.05) is 67.7 Å². The first-order valence-electron chi connectivity index (χ1n) is 8.66. The van der Waals surface area contributed by atoms with Crippen molar-refractivity contribution in [3.63, 3.8) is 0 Å². The first kappa shape index (κ1) is 21.2. The molecule has 0 amide bonds. The predicted octanol–water partition coefficient (Wildman–Crippen LogP) is 6.08. The van der Waals surface area contributed by atoms with Crippen molar-refractivity contribution in [2.75, 3.05) is 7.11 Å². The molecule has 0 aromatic heterocycles. The molecule has 0 bridgehead atoms. The SMILES string of the molecule is CC/C=C\C/C=C\CCC/C=C/C=C/C=C/CCCC(=O)OC. The standard InChI is InChI=1S/C21H32O2/c1-3-4-5-6-7-8-9-10-11-12-13-14-15-16-17-18-19-20-21(22)23-2/h4-5,7-8,12-17H,3,6,9-11,18-20H2,1-2H3/b5-4-,8-7-,13-12+,15-14+,17-16+. The van der Waals surface area contributed by atoms with Crippen LogP contribution in [0.5, 0.6) is 0 Å². The zero-order valence-electron chi connectivity index (χ0n) is 14.7. The molecule has 0 aliphatic carbocycles. The largest absolute Gasteiger partial charge is 0.469 e. The number of hydrogen-bond acceptors (Lipinski definition) is 2. The molecule has 0 aliphatic rings. The van der Waals surface area contributed by atoms with E-state index in [1.807, 2.05) is 18.2 Å². The van der Waals surface area contributed by atoms with Crippen LogP contribution in [0.25, 0.3) is 0 Å². The second kappa shape index (κ2) is 18.2. The summed E-state index contributed by atoms with van der Waals surface area (Å²) in [6, 6.07) is 0. The monoisotopic (exact) mass is 316 g/mol. The number of ether oxygens (including phenoxy) is 1. The third-order valence-electron chi connectivity index (χ3n) is 3.17. The second-order valence-electron chi connectivity index (χ2n) is 5.23. The Morgan fingerprint density at radius 3 is 2.04 bits per heavy atom. The molecule has 0 saturated carbocycles. The number of carbonyl (C=O) groups excluding carboxylic acids is 1. The summed E-state index contributed by atoms with van der Waals surface area (Å²) in [6.07, 6.45) is 29.2. The average molecular weight is 316 g/mol. The maximum Gasteiger partial charge on any atom is 0.305 e. The molecule has 23 heavy (non-hydrogen) atoms. The number of rotatable bonds is 13. The molecule has 0 saturated heterocycles. The normalized spacial score (nSPS) is 12.6. The van der Waals surface area contributed by atoms with Gasteiger partial charge in [-0.3, -0.25) is 4.79 Å². The van der Waals surface area contributed by atoms with Gasteiger partial charge in [0, 0.05) is 6.42 Å². The van der Waals surface area contributed by atoms with Crippen LogP contribution in [0.1, 0.15) is 58.3 Å². The van der Waals surface area contributed by atoms with Crippen molar-refractivity contribution in [1.29, 1.82) is 0 Å². The molecule has 2 heteroatoms. The predicted molar refractivity (Wildman–Crippen MR) is 100 cm³/mol. The molecule has 2 nitrogen and oxygen atoms in total. The fourth-order valence-electron chi connectivity index (χ4n) is 1.85. The van der Waals surface area contributed by atoms with Gasteiger partial charge < -0.3 is 4.74 Å². The topological polar surface area (TPSA) is 26.3 Å². The molecular weight excluding hydrogens is 284 g/mol. The van der Waals surface area contributed by atoms with Crippen molar-refractivity contribution in [1.82, 2.24) is 0 Å². The third kappa shape index (κ3) is 18.1. The number of carbonyl (C=O) groups is 1. The summed E-state index contributed by atoms with van der Waals surface area (Å²) in [6.45, 7) is 2.15. The fraction of sp³-hybridized carbons (Fsp3) is 0.476. The second-order valence-corrected chi connectivity index (χ2v) is 5.23. The van der Waals surface area contributed by atoms with E-state index in [1.54, 1.807) is 0 Å². The van der Waals surface area contributed by atoms with Gasteiger partial charge in [-0.2, -0.15) is 0 Å². The van der Waals surface area contributed by atoms with E-state index in [2.05, 4.69) is 54.2 Å². The summed E-state index contributed by atoms with van der Waals surface area (Å²) in [7, 11) is 1.43. The summed E-state index contributed by atoms with van der Waals surface area (Å²) >= 11 is 0. The van der Waals surface area contributed by atoms with E-state index >= 15 is 0 Å². The summed E-state index contributed by atoms with van der Waals surface area (Å²) in [4.78, 5) is 10.9. The molecule has 0 N–H and O–H groups in total. The summed E-state index contributed by atoms with van der Waals surface area (Å²) in [5, 5.41) is 0. The molecule has 0 aromatic carbocycles. The van der Waals surface area contributed by atoms with E-state index in [0.29, 0.717) is 6.42 Å². The molecule has 0 heterocycles. The van der Waals surface area contributed by atoms with Gasteiger partial charge in [-0.25, -0.2) is 0 Å². The van der Waals surface area contributed by atoms with Gasteiger partial charge in [0.05, 0.1) is 7.11 Å². The van der Waals surface area contributed by atoms with Crippen LogP contribution in [0, 0.1) is 0 Å². The van der Waals surface area contributed by atoms with Gasteiger partial charge in [0.25, 0.3) is 0 Å². The summed E-state index contributed by atoms with van der Waals surface area (Å²) in [5.41, 5.74) is 0. The molecule has 0 aromatic rings. The third-order valence-corrected chi connectivity index (χ3v) is 3.17. The summed E-state index contributed by atoms with van der Waals surface area (Å²) in [5.74, 6) is -0.135. The lowest BCUT2D eigenvalue weighted by atomic mass is 10.2. The lowest BCUT2D eigenvalue weighted by Crippen LogP contribution is -1.98. The highest BCUT2D eigenvalue weighted by molar-refractivity contribution is 5.69. The zero-order valence-corrected chi connectivity index (χ0v) is 14.7. The number of methoxy groups -OCH3 is 1. The van der Waals surface area contributed by atoms with Crippen LogP contribution >= 0.6 is 0 Å². The van der Waals surface area contributed by atoms with Crippen molar-refractivity contribution >= 4 is 5.97 Å². The number of hydrogen-bond donors (Lipinski definition) is 0. The first-order valence-corrected chi connectivity index (χ1v) is 8.66. The van der Waals surface area contributed by atoms with E-state index in [9.17, 15) is 4.79 Å². The van der Waals surface area contributed by atoms with Gasteiger partial charge in [0.1, 0.15) is 0 Å². The van der Waals surface area contributed by atoms with E-state index < -0.39 is 0 Å². The Hall–Kier alpha value is -1.83. The molecule has 0 atom stereocenters. The van der Waals surface area contributed by atoms with Gasteiger partial charge >= 0.3 is 5.97 Å². The highest BCUT2D eigenvalue weighted by atomic mass is 16.5. The van der Waals surface area contributed by atoms with Gasteiger partial charge in [0.2, 0.25) is 0 Å². The van der Waals surface area contributed by atoms with E-state index in [-0.39, 0.29) is 5.97 Å². The lowest BCUT2D eigenvalue weighted by Gasteiger charge is -1.94. The van der Waals surface area contributed by atoms with Crippen molar-refractivity contribution in [3.05, 3.63) is 60.8 Å². The number of unbranched alkanes of at least 4 members (excludes halogenated alkanes) is 3. The minimum absolute atomic E-state index is 0.135.